The van der Waals surface area contributed by atoms with Crippen molar-refractivity contribution in [2.75, 3.05) is 13.1 Å². The minimum atomic E-state index is -3.45. The molecule has 114 valence electrons. The highest BCUT2D eigenvalue weighted by Crippen LogP contribution is 2.70. The van der Waals surface area contributed by atoms with Crippen LogP contribution in [0, 0.1) is 17.8 Å². The summed E-state index contributed by atoms with van der Waals surface area (Å²) in [7, 11) is -3.45. The minimum absolute atomic E-state index is 0.0313. The van der Waals surface area contributed by atoms with Crippen LogP contribution in [0.4, 0.5) is 0 Å². The predicted octanol–water partition coefficient (Wildman–Crippen LogP) is 2.37. The Labute approximate surface area is 126 Å². The SMILES string of the molecule is CC(=O)C[C@@]12CN(S(=O)(=O)c3ccc(C)cc3)C[C@]1(C)C2. The molecular weight excluding hydrogens is 286 g/mol. The third-order valence-corrected chi connectivity index (χ3v) is 6.94. The molecule has 0 spiro atoms. The van der Waals surface area contributed by atoms with Crippen LogP contribution in [-0.4, -0.2) is 31.6 Å². The standard InChI is InChI=1S/C16H21NO3S/c1-12-4-6-14(7-5-12)21(19,20)17-10-15(3)9-16(15,11-17)8-13(2)18/h4-7H,8-11H2,1-3H3/t15-,16+/m0/s1. The van der Waals surface area contributed by atoms with E-state index in [0.717, 1.165) is 12.0 Å². The van der Waals surface area contributed by atoms with E-state index in [1.807, 2.05) is 19.1 Å². The van der Waals surface area contributed by atoms with E-state index >= 15 is 0 Å². The minimum Gasteiger partial charge on any atom is -0.300 e. The number of carbonyl (C=O) groups excluding carboxylic acids is 1. The summed E-state index contributed by atoms with van der Waals surface area (Å²) >= 11 is 0. The Kier molecular flexibility index (Phi) is 3.08. The van der Waals surface area contributed by atoms with Crippen molar-refractivity contribution in [3.05, 3.63) is 29.8 Å². The molecule has 2 aliphatic rings. The maximum atomic E-state index is 12.7. The third kappa shape index (κ3) is 2.23. The molecule has 21 heavy (non-hydrogen) atoms. The van der Waals surface area contributed by atoms with Crippen LogP contribution >= 0.6 is 0 Å². The highest BCUT2D eigenvalue weighted by Gasteiger charge is 2.70. The largest absolute Gasteiger partial charge is 0.300 e. The molecule has 1 aromatic carbocycles. The zero-order chi connectivity index (χ0) is 15.5. The number of fused-ring (bicyclic) bond motifs is 1. The van der Waals surface area contributed by atoms with Crippen LogP contribution in [0.15, 0.2) is 29.2 Å². The van der Waals surface area contributed by atoms with Gasteiger partial charge in [0.1, 0.15) is 5.78 Å². The molecule has 4 nitrogen and oxygen atoms in total. The molecular formula is C16H21NO3S. The molecule has 0 aromatic heterocycles. The first kappa shape index (κ1) is 14.7. The van der Waals surface area contributed by atoms with Gasteiger partial charge in [0, 0.05) is 19.5 Å². The lowest BCUT2D eigenvalue weighted by Crippen LogP contribution is -2.32. The Morgan fingerprint density at radius 3 is 2.43 bits per heavy atom. The van der Waals surface area contributed by atoms with Crippen LogP contribution in [0.25, 0.3) is 0 Å². The van der Waals surface area contributed by atoms with Crippen LogP contribution < -0.4 is 0 Å². The number of aryl methyl sites for hydroxylation is 1. The Morgan fingerprint density at radius 1 is 1.24 bits per heavy atom. The van der Waals surface area contributed by atoms with Crippen molar-refractivity contribution in [3.63, 3.8) is 0 Å². The lowest BCUT2D eigenvalue weighted by atomic mass is 9.93. The van der Waals surface area contributed by atoms with Crippen LogP contribution in [0.1, 0.15) is 32.3 Å². The molecule has 0 N–H and O–H groups in total. The van der Waals surface area contributed by atoms with E-state index in [1.54, 1.807) is 23.4 Å². The molecule has 2 fully saturated rings. The molecule has 2 atom stereocenters. The Balaban J connectivity index is 1.86. The lowest BCUT2D eigenvalue weighted by Gasteiger charge is -2.20. The molecule has 1 aliphatic carbocycles. The van der Waals surface area contributed by atoms with Crippen molar-refractivity contribution >= 4 is 15.8 Å². The molecule has 5 heteroatoms. The molecule has 0 radical (unpaired) electrons. The Morgan fingerprint density at radius 2 is 1.86 bits per heavy atom. The number of ketones is 1. The van der Waals surface area contributed by atoms with Gasteiger partial charge in [0.05, 0.1) is 4.90 Å². The fourth-order valence-corrected chi connectivity index (χ4v) is 5.44. The van der Waals surface area contributed by atoms with Crippen molar-refractivity contribution in [1.82, 2.24) is 4.31 Å². The summed E-state index contributed by atoms with van der Waals surface area (Å²) in [5.74, 6) is 0.147. The van der Waals surface area contributed by atoms with Gasteiger partial charge in [0.2, 0.25) is 10.0 Å². The number of nitrogens with zero attached hydrogens (tertiary/aromatic N) is 1. The molecule has 3 rings (SSSR count). The van der Waals surface area contributed by atoms with Crippen molar-refractivity contribution in [3.8, 4) is 0 Å². The highest BCUT2D eigenvalue weighted by atomic mass is 32.2. The van der Waals surface area contributed by atoms with Gasteiger partial charge in [-0.05, 0) is 43.2 Å². The van der Waals surface area contributed by atoms with Crippen LogP contribution in [0.3, 0.4) is 0 Å². The summed E-state index contributed by atoms with van der Waals surface area (Å²) in [6.07, 6.45) is 1.45. The summed E-state index contributed by atoms with van der Waals surface area (Å²) in [5.41, 5.74) is 0.880. The molecule has 0 unspecified atom stereocenters. The number of hydrogen-bond donors (Lipinski definition) is 0. The quantitative estimate of drug-likeness (QED) is 0.858. The maximum absolute atomic E-state index is 12.7. The van der Waals surface area contributed by atoms with Crippen LogP contribution in [0.2, 0.25) is 0 Å². The van der Waals surface area contributed by atoms with Crippen LogP contribution in [0.5, 0.6) is 0 Å². The van der Waals surface area contributed by atoms with E-state index in [-0.39, 0.29) is 16.6 Å². The topological polar surface area (TPSA) is 54.5 Å². The zero-order valence-corrected chi connectivity index (χ0v) is 13.5. The molecule has 1 aliphatic heterocycles. The number of carbonyl (C=O) groups is 1. The third-order valence-electron chi connectivity index (χ3n) is 5.13. The van der Waals surface area contributed by atoms with Gasteiger partial charge in [-0.15, -0.1) is 0 Å². The normalized spacial score (nSPS) is 32.0. The second-order valence-corrected chi connectivity index (χ2v) is 8.92. The molecule has 1 aromatic rings. The predicted molar refractivity (Wildman–Crippen MR) is 80.4 cm³/mol. The Bertz CT molecular complexity index is 695. The first-order chi connectivity index (χ1) is 9.68. The number of rotatable bonds is 4. The average Bonchev–Trinajstić information content (AvgIpc) is 2.80. The van der Waals surface area contributed by atoms with Crippen molar-refractivity contribution in [2.24, 2.45) is 10.8 Å². The number of benzene rings is 1. The fraction of sp³-hybridized carbons (Fsp3) is 0.562. The van der Waals surface area contributed by atoms with E-state index in [2.05, 4.69) is 6.92 Å². The number of piperidine rings is 1. The molecule has 0 bridgehead atoms. The zero-order valence-electron chi connectivity index (χ0n) is 12.7. The van der Waals surface area contributed by atoms with E-state index in [4.69, 9.17) is 0 Å². The van der Waals surface area contributed by atoms with Crippen LogP contribution in [-0.2, 0) is 14.8 Å². The number of hydrogen-bond acceptors (Lipinski definition) is 3. The fourth-order valence-electron chi connectivity index (χ4n) is 3.79. The smallest absolute Gasteiger partial charge is 0.243 e. The second kappa shape index (κ2) is 4.40. The van der Waals surface area contributed by atoms with E-state index in [1.165, 1.54) is 0 Å². The first-order valence-electron chi connectivity index (χ1n) is 7.25. The summed E-state index contributed by atoms with van der Waals surface area (Å²) in [6, 6.07) is 6.96. The summed E-state index contributed by atoms with van der Waals surface area (Å²) in [6.45, 7) is 6.62. The van der Waals surface area contributed by atoms with Gasteiger partial charge in [0.25, 0.3) is 0 Å². The Hall–Kier alpha value is -1.20. The monoisotopic (exact) mass is 307 g/mol. The van der Waals surface area contributed by atoms with Crippen molar-refractivity contribution in [2.45, 2.75) is 38.5 Å². The summed E-state index contributed by atoms with van der Waals surface area (Å²) < 4.78 is 27.0. The lowest BCUT2D eigenvalue weighted by molar-refractivity contribution is -0.118. The summed E-state index contributed by atoms with van der Waals surface area (Å²) in [5, 5.41) is 0. The maximum Gasteiger partial charge on any atom is 0.243 e. The highest BCUT2D eigenvalue weighted by molar-refractivity contribution is 7.89. The number of sulfonamides is 1. The van der Waals surface area contributed by atoms with E-state index < -0.39 is 10.0 Å². The first-order valence-corrected chi connectivity index (χ1v) is 8.69. The second-order valence-electron chi connectivity index (χ2n) is 6.98. The molecule has 1 saturated carbocycles. The van der Waals surface area contributed by atoms with Gasteiger partial charge in [-0.1, -0.05) is 24.6 Å². The molecule has 1 heterocycles. The van der Waals surface area contributed by atoms with Gasteiger partial charge < -0.3 is 4.79 Å². The average molecular weight is 307 g/mol. The molecule has 0 amide bonds. The van der Waals surface area contributed by atoms with Gasteiger partial charge >= 0.3 is 0 Å². The van der Waals surface area contributed by atoms with Crippen molar-refractivity contribution in [1.29, 1.82) is 0 Å². The van der Waals surface area contributed by atoms with Crippen molar-refractivity contribution < 1.29 is 13.2 Å². The van der Waals surface area contributed by atoms with E-state index in [0.29, 0.717) is 24.4 Å². The van der Waals surface area contributed by atoms with Gasteiger partial charge in [-0.3, -0.25) is 0 Å². The van der Waals surface area contributed by atoms with Gasteiger partial charge in [-0.2, -0.15) is 4.31 Å². The molecule has 1 saturated heterocycles. The van der Waals surface area contributed by atoms with Gasteiger partial charge in [0.15, 0.2) is 0 Å². The number of Topliss-reactive ketones (excluding diaryl/α,β-unsaturated/α-hetero) is 1. The summed E-state index contributed by atoms with van der Waals surface area (Å²) in [4.78, 5) is 11.8. The van der Waals surface area contributed by atoms with Gasteiger partial charge in [-0.25, -0.2) is 8.42 Å². The van der Waals surface area contributed by atoms with E-state index in [9.17, 15) is 13.2 Å².